The lowest BCUT2D eigenvalue weighted by Gasteiger charge is -2.32. The van der Waals surface area contributed by atoms with E-state index in [1.54, 1.807) is 0 Å². The molecule has 6 nitrogen and oxygen atoms in total. The first-order valence-corrected chi connectivity index (χ1v) is 46.3. The molecule has 133 heavy (non-hydrogen) atoms. The van der Waals surface area contributed by atoms with Gasteiger partial charge in [0.25, 0.3) is 0 Å². The van der Waals surface area contributed by atoms with Crippen molar-refractivity contribution in [3.63, 3.8) is 0 Å². The molecule has 0 N–H and O–H groups in total. The van der Waals surface area contributed by atoms with Gasteiger partial charge in [0.05, 0.1) is 61.0 Å². The molecular formula is C127H84N4O2. The van der Waals surface area contributed by atoms with Crippen LogP contribution in [0.2, 0.25) is 0 Å². The Hall–Kier alpha value is -16.8. The van der Waals surface area contributed by atoms with Crippen LogP contribution in [0.3, 0.4) is 0 Å². The molecule has 0 amide bonds. The van der Waals surface area contributed by atoms with Crippen molar-refractivity contribution < 1.29 is 8.83 Å². The average molecular weight is 1700 g/mol. The molecule has 24 aromatic rings. The lowest BCUT2D eigenvalue weighted by atomic mass is 9.70. The van der Waals surface area contributed by atoms with E-state index in [2.05, 4.69) is 483 Å². The molecule has 28 rings (SSSR count). The molecule has 4 aromatic heterocycles. The Bertz CT molecular complexity index is 9040. The van der Waals surface area contributed by atoms with Crippen molar-refractivity contribution >= 4 is 122 Å². The Morgan fingerprint density at radius 2 is 0.564 bits per heavy atom. The number of hydrogen-bond donors (Lipinski definition) is 0. The van der Waals surface area contributed by atoms with Gasteiger partial charge in [0.15, 0.2) is 0 Å². The van der Waals surface area contributed by atoms with Gasteiger partial charge in [-0.05, 0) is 274 Å². The highest BCUT2D eigenvalue weighted by Gasteiger charge is 2.53. The third-order valence-corrected chi connectivity index (χ3v) is 30.1. The Morgan fingerprint density at radius 1 is 0.203 bits per heavy atom. The van der Waals surface area contributed by atoms with E-state index in [4.69, 9.17) is 8.83 Å². The van der Waals surface area contributed by atoms with E-state index < -0.39 is 5.41 Å². The van der Waals surface area contributed by atoms with Gasteiger partial charge in [0, 0.05) is 77.0 Å². The van der Waals surface area contributed by atoms with Crippen molar-refractivity contribution in [1.29, 1.82) is 0 Å². The minimum atomic E-state index is -0.683. The largest absolute Gasteiger partial charge is 0.456 e. The topological polar surface area (TPSA) is 42.6 Å². The van der Waals surface area contributed by atoms with Gasteiger partial charge in [-0.3, -0.25) is 0 Å². The van der Waals surface area contributed by atoms with Gasteiger partial charge in [0.1, 0.15) is 22.3 Å². The Labute approximate surface area is 769 Å². The molecule has 0 fully saturated rings. The van der Waals surface area contributed by atoms with Crippen LogP contribution >= 0.6 is 0 Å². The molecule has 624 valence electrons. The summed E-state index contributed by atoms with van der Waals surface area (Å²) in [6.45, 7) is 9.51. The number of aromatic nitrogens is 2. The third kappa shape index (κ3) is 10.7. The van der Waals surface area contributed by atoms with E-state index in [1.165, 1.54) is 127 Å². The molecule has 20 aromatic carbocycles. The number of para-hydroxylation sites is 3. The average Bonchev–Trinajstić information content (AvgIpc) is 1.50. The van der Waals surface area contributed by atoms with Crippen LogP contribution in [0.25, 0.3) is 188 Å². The first-order valence-electron chi connectivity index (χ1n) is 46.3. The van der Waals surface area contributed by atoms with Gasteiger partial charge < -0.3 is 27.8 Å². The van der Waals surface area contributed by atoms with Crippen LogP contribution in [0.5, 0.6) is 0 Å². The molecule has 0 atom stereocenters. The summed E-state index contributed by atoms with van der Waals surface area (Å²) in [5, 5.41) is 9.03. The van der Waals surface area contributed by atoms with Crippen molar-refractivity contribution in [1.82, 2.24) is 9.13 Å². The van der Waals surface area contributed by atoms with E-state index >= 15 is 0 Å². The monoisotopic (exact) mass is 1700 g/mol. The second-order valence-electron chi connectivity index (χ2n) is 37.6. The van der Waals surface area contributed by atoms with Crippen LogP contribution in [0, 0.1) is 0 Å². The van der Waals surface area contributed by atoms with Gasteiger partial charge >= 0.3 is 0 Å². The highest BCUT2D eigenvalue weighted by molar-refractivity contribution is 6.19. The van der Waals surface area contributed by atoms with Gasteiger partial charge in [-0.15, -0.1) is 0 Å². The van der Waals surface area contributed by atoms with E-state index in [0.29, 0.717) is 0 Å². The summed E-state index contributed by atoms with van der Waals surface area (Å²) in [4.78, 5) is 5.06. The Morgan fingerprint density at radius 3 is 1.15 bits per heavy atom. The molecule has 0 bridgehead atoms. The maximum absolute atomic E-state index is 7.05. The number of anilines is 6. The van der Waals surface area contributed by atoms with Gasteiger partial charge in [0.2, 0.25) is 0 Å². The third-order valence-electron chi connectivity index (χ3n) is 30.1. The second kappa shape index (κ2) is 28.1. The molecule has 0 saturated carbocycles. The van der Waals surface area contributed by atoms with Crippen LogP contribution < -0.4 is 9.80 Å². The van der Waals surface area contributed by atoms with Crippen LogP contribution in [0.1, 0.15) is 72.2 Å². The number of benzene rings is 20. The van der Waals surface area contributed by atoms with Crippen LogP contribution in [-0.2, 0) is 16.2 Å². The predicted octanol–water partition coefficient (Wildman–Crippen LogP) is 34.2. The summed E-state index contributed by atoms with van der Waals surface area (Å²) < 4.78 is 18.9. The maximum Gasteiger partial charge on any atom is 0.137 e. The number of nitrogens with zero attached hydrogens (tertiary/aromatic N) is 4. The Balaban J connectivity index is 0.568. The molecule has 1 spiro atoms. The molecular weight excluding hydrogens is 1610 g/mol. The first kappa shape index (κ1) is 75.2. The SMILES string of the molecule is CC1(C)c2ccccc2-c2ccc(N(c3cccc4c3-c3ccccc3C4(C)C)c3cccc4oc5ccc(-c6ccc7c(c6)c6ccccc6n7-c6ccc(-c7ccc8c(c7)C7(c9ccccc9-c9ccccc97)c7cccc(N(c9ccc(-c%10ccccc%10)cc9)c9cccc%10oc%11ccc(-c%12ccc%13c(c%12)c%12ccccc%12n%13-c%12ccccc%12)cc%11c9%10)c7-8)cc6)cc5c34)cc21. The summed E-state index contributed by atoms with van der Waals surface area (Å²) in [5.74, 6) is 0. The van der Waals surface area contributed by atoms with E-state index in [0.717, 1.165) is 139 Å². The molecule has 6 heteroatoms. The zero-order valence-corrected chi connectivity index (χ0v) is 73.7. The predicted molar refractivity (Wildman–Crippen MR) is 552 cm³/mol. The van der Waals surface area contributed by atoms with Gasteiger partial charge in [-0.25, -0.2) is 0 Å². The lowest BCUT2D eigenvalue weighted by molar-refractivity contribution is 0.660. The van der Waals surface area contributed by atoms with Crippen molar-refractivity contribution in [2.45, 2.75) is 43.9 Å². The molecule has 0 radical (unpaired) electrons. The van der Waals surface area contributed by atoms with Gasteiger partial charge in [-0.2, -0.15) is 0 Å². The molecule has 0 saturated heterocycles. The standard InChI is InChI=1S/C127H84N4O2/c1-125(2)102-38-18-14-36-95(102)121-105(125)41-23-45-113(121)131(88-64-66-92-89-31-11-17-37-101(89)126(3,4)107(92)76-88)116-48-26-50-120-124(116)100-74-83(59-70-118(100)133-120)81-57-68-112-98(72-81)94-35-16-22-44-110(94)129(112)86-62-53-79(54-63-86)84-55-65-96-108(75-84)127(103-39-19-12-32-90(103)91-33-13-20-40-104(91)127)106-42-24-46-114(122(96)106)130(87-60-51-78(52-61-87)77-27-7-5-8-28-77)115-47-25-49-119-123(115)99-73-82(58-69-117(99)132-119)80-56-67-111-97(71-80)93-34-15-21-43-109(93)128(111)85-29-9-6-10-30-85/h5-76H,1-4H3. The lowest BCUT2D eigenvalue weighted by Crippen LogP contribution is -2.26. The fourth-order valence-corrected chi connectivity index (χ4v) is 24.1. The van der Waals surface area contributed by atoms with E-state index in [1.807, 2.05) is 0 Å². The highest BCUT2D eigenvalue weighted by atomic mass is 16.3. The number of hydrogen-bond acceptors (Lipinski definition) is 4. The smallest absolute Gasteiger partial charge is 0.137 e. The summed E-state index contributed by atoms with van der Waals surface area (Å²) in [7, 11) is 0. The van der Waals surface area contributed by atoms with Crippen LogP contribution in [0.15, 0.2) is 446 Å². The quantitative estimate of drug-likeness (QED) is 0.122. The minimum absolute atomic E-state index is 0.199. The molecule has 4 aliphatic carbocycles. The van der Waals surface area contributed by atoms with E-state index in [9.17, 15) is 0 Å². The summed E-state index contributed by atoms with van der Waals surface area (Å²) in [6.07, 6.45) is 0. The molecule has 4 heterocycles. The zero-order valence-electron chi connectivity index (χ0n) is 73.7. The normalized spacial score (nSPS) is 13.7. The van der Waals surface area contributed by atoms with Crippen molar-refractivity contribution in [2.75, 3.05) is 9.80 Å². The van der Waals surface area contributed by atoms with Crippen molar-refractivity contribution in [2.24, 2.45) is 0 Å². The van der Waals surface area contributed by atoms with Crippen LogP contribution in [-0.4, -0.2) is 9.13 Å². The fraction of sp³-hybridized carbons (Fsp3) is 0.0551. The summed E-state index contributed by atoms with van der Waals surface area (Å²) in [6, 6.07) is 163. The summed E-state index contributed by atoms with van der Waals surface area (Å²) >= 11 is 0. The van der Waals surface area contributed by atoms with E-state index in [-0.39, 0.29) is 10.8 Å². The number of rotatable bonds is 12. The number of furan rings is 2. The maximum atomic E-state index is 7.05. The van der Waals surface area contributed by atoms with Crippen molar-refractivity contribution in [3.8, 4) is 100 Å². The first-order chi connectivity index (χ1) is 65.5. The van der Waals surface area contributed by atoms with Crippen molar-refractivity contribution in [3.05, 3.63) is 481 Å². The molecule has 4 aliphatic rings. The molecule has 0 aliphatic heterocycles. The fourth-order valence-electron chi connectivity index (χ4n) is 24.1. The number of fused-ring (bicyclic) bond motifs is 28. The Kier molecular flexibility index (Phi) is 15.9. The highest BCUT2D eigenvalue weighted by Crippen LogP contribution is 2.66. The minimum Gasteiger partial charge on any atom is -0.456 e. The van der Waals surface area contributed by atoms with Gasteiger partial charge in [-0.1, -0.05) is 313 Å². The second-order valence-corrected chi connectivity index (χ2v) is 37.6. The summed E-state index contributed by atoms with van der Waals surface area (Å²) in [5.41, 5.74) is 45.1. The van der Waals surface area contributed by atoms with Crippen LogP contribution in [0.4, 0.5) is 34.1 Å². The molecule has 0 unspecified atom stereocenters. The zero-order chi connectivity index (χ0) is 87.8.